The van der Waals surface area contributed by atoms with Crippen molar-refractivity contribution in [1.29, 1.82) is 0 Å². The molecule has 2 aromatic rings. The van der Waals surface area contributed by atoms with Crippen LogP contribution in [0.15, 0.2) is 36.4 Å². The zero-order valence-corrected chi connectivity index (χ0v) is 12.6. The topological polar surface area (TPSA) is 29.3 Å². The van der Waals surface area contributed by atoms with Crippen molar-refractivity contribution < 1.29 is 0 Å². The summed E-state index contributed by atoms with van der Waals surface area (Å²) in [5.41, 5.74) is 11.5. The third kappa shape index (κ3) is 2.14. The number of anilines is 3. The Bertz CT molecular complexity index is 651. The molecule has 2 N–H and O–H groups in total. The van der Waals surface area contributed by atoms with Gasteiger partial charge in [0, 0.05) is 17.4 Å². The molecule has 0 saturated carbocycles. The molecule has 3 heteroatoms. The van der Waals surface area contributed by atoms with Gasteiger partial charge in [-0.1, -0.05) is 29.8 Å². The van der Waals surface area contributed by atoms with Gasteiger partial charge in [0.05, 0.1) is 10.7 Å². The van der Waals surface area contributed by atoms with E-state index in [1.54, 1.807) is 0 Å². The predicted molar refractivity (Wildman–Crippen MR) is 87.0 cm³/mol. The van der Waals surface area contributed by atoms with E-state index in [-0.39, 0.29) is 0 Å². The smallest absolute Gasteiger partial charge is 0.0656 e. The Morgan fingerprint density at radius 2 is 1.95 bits per heavy atom. The number of hydrogen-bond acceptors (Lipinski definition) is 2. The Morgan fingerprint density at radius 1 is 1.20 bits per heavy atom. The van der Waals surface area contributed by atoms with E-state index in [1.807, 2.05) is 12.1 Å². The first-order valence-electron chi connectivity index (χ1n) is 7.00. The molecular formula is C17H19ClN2. The molecule has 0 aliphatic carbocycles. The number of rotatable bonds is 1. The number of para-hydroxylation sites is 1. The zero-order valence-electron chi connectivity index (χ0n) is 11.9. The van der Waals surface area contributed by atoms with Crippen LogP contribution in [0.5, 0.6) is 0 Å². The lowest BCUT2D eigenvalue weighted by molar-refractivity contribution is 0.617. The first kappa shape index (κ1) is 13.3. The van der Waals surface area contributed by atoms with Crippen molar-refractivity contribution in [2.45, 2.75) is 32.7 Å². The monoisotopic (exact) mass is 286 g/mol. The van der Waals surface area contributed by atoms with Gasteiger partial charge in [-0.05, 0) is 56.0 Å². The molecular weight excluding hydrogens is 268 g/mol. The molecule has 2 aromatic carbocycles. The largest absolute Gasteiger partial charge is 0.398 e. The second-order valence-corrected chi connectivity index (χ2v) is 5.95. The summed E-state index contributed by atoms with van der Waals surface area (Å²) in [6, 6.07) is 13.0. The van der Waals surface area contributed by atoms with Gasteiger partial charge in [-0.3, -0.25) is 0 Å². The molecule has 1 aliphatic rings. The lowest BCUT2D eigenvalue weighted by atomic mass is 9.95. The summed E-state index contributed by atoms with van der Waals surface area (Å²) >= 11 is 6.23. The second-order valence-electron chi connectivity index (χ2n) is 5.55. The summed E-state index contributed by atoms with van der Waals surface area (Å²) in [4.78, 5) is 2.39. The van der Waals surface area contributed by atoms with Gasteiger partial charge in [0.25, 0.3) is 0 Å². The highest BCUT2D eigenvalue weighted by Gasteiger charge is 2.25. The Hall–Kier alpha value is -1.67. The minimum Gasteiger partial charge on any atom is -0.398 e. The van der Waals surface area contributed by atoms with Crippen LogP contribution in [0, 0.1) is 6.92 Å². The van der Waals surface area contributed by atoms with E-state index in [2.05, 4.69) is 43.0 Å². The highest BCUT2D eigenvalue weighted by atomic mass is 35.5. The van der Waals surface area contributed by atoms with Crippen LogP contribution in [0.1, 0.15) is 24.5 Å². The fraction of sp³-hybridized carbons (Fsp3) is 0.294. The van der Waals surface area contributed by atoms with E-state index in [0.29, 0.717) is 16.8 Å². The van der Waals surface area contributed by atoms with E-state index < -0.39 is 0 Å². The predicted octanol–water partition coefficient (Wildman–Crippen LogP) is 4.70. The van der Waals surface area contributed by atoms with E-state index >= 15 is 0 Å². The Morgan fingerprint density at radius 3 is 2.75 bits per heavy atom. The summed E-state index contributed by atoms with van der Waals surface area (Å²) in [5.74, 6) is 0. The summed E-state index contributed by atoms with van der Waals surface area (Å²) in [6.07, 6.45) is 2.29. The molecule has 1 heterocycles. The molecule has 0 aromatic heterocycles. The normalized spacial score (nSPS) is 17.9. The van der Waals surface area contributed by atoms with Gasteiger partial charge >= 0.3 is 0 Å². The fourth-order valence-electron chi connectivity index (χ4n) is 3.01. The van der Waals surface area contributed by atoms with Crippen LogP contribution in [0.2, 0.25) is 5.02 Å². The first-order valence-corrected chi connectivity index (χ1v) is 7.38. The van der Waals surface area contributed by atoms with E-state index in [9.17, 15) is 0 Å². The highest BCUT2D eigenvalue weighted by molar-refractivity contribution is 6.33. The molecule has 0 fully saturated rings. The molecule has 1 atom stereocenters. The molecule has 0 saturated heterocycles. The summed E-state index contributed by atoms with van der Waals surface area (Å²) in [7, 11) is 0. The number of nitrogens with two attached hydrogens (primary N) is 1. The van der Waals surface area contributed by atoms with Crippen LogP contribution >= 0.6 is 11.6 Å². The standard InChI is InChI=1S/C17H19ClN2/c1-11-9-15(19)14(18)10-17(11)20-12(2)7-8-13-5-3-4-6-16(13)20/h3-6,9-10,12H,7-8,19H2,1-2H3. The van der Waals surface area contributed by atoms with Crippen molar-refractivity contribution in [2.75, 3.05) is 10.6 Å². The molecule has 0 spiro atoms. The van der Waals surface area contributed by atoms with Crippen LogP contribution in [0.25, 0.3) is 0 Å². The van der Waals surface area contributed by atoms with Crippen molar-refractivity contribution in [2.24, 2.45) is 0 Å². The lowest BCUT2D eigenvalue weighted by Gasteiger charge is -2.38. The maximum Gasteiger partial charge on any atom is 0.0656 e. The second kappa shape index (κ2) is 5.02. The van der Waals surface area contributed by atoms with Crippen molar-refractivity contribution in [3.63, 3.8) is 0 Å². The Labute approximate surface area is 125 Å². The number of aryl methyl sites for hydroxylation is 2. The minimum absolute atomic E-state index is 0.461. The third-order valence-corrected chi connectivity index (χ3v) is 4.43. The highest BCUT2D eigenvalue weighted by Crippen LogP contribution is 2.40. The van der Waals surface area contributed by atoms with Crippen LogP contribution in [0.3, 0.4) is 0 Å². The van der Waals surface area contributed by atoms with Crippen LogP contribution in [-0.2, 0) is 6.42 Å². The molecule has 0 radical (unpaired) electrons. The number of nitrogen functional groups attached to an aromatic ring is 1. The third-order valence-electron chi connectivity index (χ3n) is 4.10. The fourth-order valence-corrected chi connectivity index (χ4v) is 3.17. The van der Waals surface area contributed by atoms with Gasteiger partial charge in [0.2, 0.25) is 0 Å². The SMILES string of the molecule is Cc1cc(N)c(Cl)cc1N1c2ccccc2CCC1C. The summed E-state index contributed by atoms with van der Waals surface area (Å²) < 4.78 is 0. The van der Waals surface area contributed by atoms with E-state index in [0.717, 1.165) is 24.1 Å². The van der Waals surface area contributed by atoms with Crippen molar-refractivity contribution in [1.82, 2.24) is 0 Å². The van der Waals surface area contributed by atoms with Gasteiger partial charge in [0.1, 0.15) is 0 Å². The van der Waals surface area contributed by atoms with Crippen LogP contribution in [-0.4, -0.2) is 6.04 Å². The van der Waals surface area contributed by atoms with E-state index in [4.69, 9.17) is 17.3 Å². The first-order chi connectivity index (χ1) is 9.58. The molecule has 1 aliphatic heterocycles. The average Bonchev–Trinajstić information content (AvgIpc) is 2.43. The van der Waals surface area contributed by atoms with E-state index in [1.165, 1.54) is 11.3 Å². The lowest BCUT2D eigenvalue weighted by Crippen LogP contribution is -2.33. The van der Waals surface area contributed by atoms with Crippen molar-refractivity contribution in [3.05, 3.63) is 52.5 Å². The summed E-state index contributed by atoms with van der Waals surface area (Å²) in [5, 5.41) is 0.626. The molecule has 0 amide bonds. The number of benzene rings is 2. The van der Waals surface area contributed by atoms with Gasteiger partial charge in [0.15, 0.2) is 0 Å². The van der Waals surface area contributed by atoms with Gasteiger partial charge < -0.3 is 10.6 Å². The van der Waals surface area contributed by atoms with Crippen LogP contribution < -0.4 is 10.6 Å². The number of nitrogens with zero attached hydrogens (tertiary/aromatic N) is 1. The number of halogens is 1. The van der Waals surface area contributed by atoms with Gasteiger partial charge in [-0.15, -0.1) is 0 Å². The Kier molecular flexibility index (Phi) is 3.35. The maximum atomic E-state index is 6.23. The minimum atomic E-state index is 0.461. The molecule has 3 rings (SSSR count). The van der Waals surface area contributed by atoms with Gasteiger partial charge in [-0.25, -0.2) is 0 Å². The summed E-state index contributed by atoms with van der Waals surface area (Å²) in [6.45, 7) is 4.35. The van der Waals surface area contributed by atoms with Gasteiger partial charge in [-0.2, -0.15) is 0 Å². The maximum absolute atomic E-state index is 6.23. The molecule has 0 bridgehead atoms. The molecule has 20 heavy (non-hydrogen) atoms. The molecule has 2 nitrogen and oxygen atoms in total. The molecule has 1 unspecified atom stereocenters. The van der Waals surface area contributed by atoms with Crippen molar-refractivity contribution in [3.8, 4) is 0 Å². The number of fused-ring (bicyclic) bond motifs is 1. The van der Waals surface area contributed by atoms with Crippen LogP contribution in [0.4, 0.5) is 17.1 Å². The zero-order chi connectivity index (χ0) is 14.3. The van der Waals surface area contributed by atoms with Crippen molar-refractivity contribution >= 4 is 28.7 Å². The molecule has 104 valence electrons. The Balaban J connectivity index is 2.16. The number of hydrogen-bond donors (Lipinski definition) is 1. The average molecular weight is 287 g/mol. The quantitative estimate of drug-likeness (QED) is 0.770.